The third kappa shape index (κ3) is 3.53. The summed E-state index contributed by atoms with van der Waals surface area (Å²) in [4.78, 5) is 1.58. The van der Waals surface area contributed by atoms with Gasteiger partial charge in [0.15, 0.2) is 0 Å². The minimum absolute atomic E-state index is 0.420. The molecule has 1 aromatic heterocycles. The molecule has 1 N–H and O–H groups in total. The van der Waals surface area contributed by atoms with E-state index in [-0.39, 0.29) is 0 Å². The fraction of sp³-hybridized carbons (Fsp3) is 0.636. The van der Waals surface area contributed by atoms with Crippen molar-refractivity contribution in [1.29, 1.82) is 0 Å². The van der Waals surface area contributed by atoms with Gasteiger partial charge in [-0.25, -0.2) is 13.1 Å². The van der Waals surface area contributed by atoms with Gasteiger partial charge in [-0.05, 0) is 44.2 Å². The number of halogens is 1. The lowest BCUT2D eigenvalue weighted by Gasteiger charge is -2.10. The average molecular weight is 338 g/mol. The summed E-state index contributed by atoms with van der Waals surface area (Å²) in [5.41, 5.74) is 0. The first-order valence-corrected chi connectivity index (χ1v) is 8.89. The summed E-state index contributed by atoms with van der Waals surface area (Å²) in [7, 11) is -3.29. The molecule has 2 atom stereocenters. The molecule has 17 heavy (non-hydrogen) atoms. The first-order valence-electron chi connectivity index (χ1n) is 5.67. The molecule has 1 aromatic rings. The van der Waals surface area contributed by atoms with Gasteiger partial charge in [-0.2, -0.15) is 0 Å². The maximum absolute atomic E-state index is 12.0. The summed E-state index contributed by atoms with van der Waals surface area (Å²) < 4.78 is 27.1. The Hall–Kier alpha value is 0.0900. The minimum Gasteiger partial charge on any atom is -0.210 e. The van der Waals surface area contributed by atoms with Gasteiger partial charge in [0.1, 0.15) is 4.21 Å². The highest BCUT2D eigenvalue weighted by atomic mass is 79.9. The lowest BCUT2D eigenvalue weighted by atomic mass is 10.1. The summed E-state index contributed by atoms with van der Waals surface area (Å²) >= 11 is 4.89. The fourth-order valence-corrected chi connectivity index (χ4v) is 5.29. The average Bonchev–Trinajstić information content (AvgIpc) is 2.85. The Labute approximate surface area is 115 Å². The van der Waals surface area contributed by atoms with Crippen molar-refractivity contribution in [3.8, 4) is 0 Å². The fourth-order valence-electron chi connectivity index (χ4n) is 2.05. The number of aryl methyl sites for hydroxylation is 1. The molecular weight excluding hydrogens is 322 g/mol. The first kappa shape index (κ1) is 13.5. The van der Waals surface area contributed by atoms with Crippen LogP contribution in [0.5, 0.6) is 0 Å². The molecular formula is C11H16BrNO2S2. The molecule has 0 aromatic carbocycles. The molecule has 1 aliphatic carbocycles. The van der Waals surface area contributed by atoms with Crippen LogP contribution < -0.4 is 4.72 Å². The van der Waals surface area contributed by atoms with Crippen LogP contribution in [0, 0.1) is 12.8 Å². The largest absolute Gasteiger partial charge is 0.250 e. The zero-order valence-electron chi connectivity index (χ0n) is 9.65. The Morgan fingerprint density at radius 1 is 1.47 bits per heavy atom. The molecule has 96 valence electrons. The van der Waals surface area contributed by atoms with Gasteiger partial charge in [-0.3, -0.25) is 0 Å². The number of nitrogens with one attached hydrogen (secondary N) is 1. The Balaban J connectivity index is 1.94. The van der Waals surface area contributed by atoms with Gasteiger partial charge in [0.2, 0.25) is 10.0 Å². The monoisotopic (exact) mass is 337 g/mol. The van der Waals surface area contributed by atoms with Gasteiger partial charge in [0.25, 0.3) is 0 Å². The Morgan fingerprint density at radius 2 is 2.24 bits per heavy atom. The van der Waals surface area contributed by atoms with Crippen LogP contribution in [0.25, 0.3) is 0 Å². The van der Waals surface area contributed by atoms with Crippen molar-refractivity contribution >= 4 is 37.3 Å². The Kier molecular flexibility index (Phi) is 4.28. The number of rotatable bonds is 4. The molecule has 1 saturated carbocycles. The SMILES string of the molecule is Cc1ccc(S(=O)(=O)NCC2CCC(Br)C2)s1. The molecule has 2 rings (SSSR count). The molecule has 0 aliphatic heterocycles. The van der Waals surface area contributed by atoms with Crippen molar-refractivity contribution in [2.45, 2.75) is 35.2 Å². The van der Waals surface area contributed by atoms with Crippen LogP contribution in [-0.4, -0.2) is 19.8 Å². The Bertz CT molecular complexity index is 483. The van der Waals surface area contributed by atoms with Gasteiger partial charge >= 0.3 is 0 Å². The number of sulfonamides is 1. The van der Waals surface area contributed by atoms with Crippen LogP contribution in [-0.2, 0) is 10.0 Å². The Morgan fingerprint density at radius 3 is 2.76 bits per heavy atom. The number of hydrogen-bond acceptors (Lipinski definition) is 3. The molecule has 0 saturated heterocycles. The lowest BCUT2D eigenvalue weighted by molar-refractivity contribution is 0.521. The molecule has 0 radical (unpaired) electrons. The number of alkyl halides is 1. The van der Waals surface area contributed by atoms with Crippen molar-refractivity contribution < 1.29 is 8.42 Å². The van der Waals surface area contributed by atoms with E-state index >= 15 is 0 Å². The van der Waals surface area contributed by atoms with Crippen LogP contribution in [0.2, 0.25) is 0 Å². The van der Waals surface area contributed by atoms with Crippen LogP contribution >= 0.6 is 27.3 Å². The molecule has 0 bridgehead atoms. The van der Waals surface area contributed by atoms with E-state index in [1.54, 1.807) is 6.07 Å². The van der Waals surface area contributed by atoms with Gasteiger partial charge in [-0.15, -0.1) is 11.3 Å². The van der Waals surface area contributed by atoms with Crippen LogP contribution in [0.3, 0.4) is 0 Å². The predicted octanol–water partition coefficient (Wildman–Crippen LogP) is 2.90. The van der Waals surface area contributed by atoms with Crippen LogP contribution in [0.4, 0.5) is 0 Å². The third-order valence-corrected chi connectivity index (χ3v) is 6.77. The molecule has 6 heteroatoms. The van der Waals surface area contributed by atoms with E-state index in [9.17, 15) is 8.42 Å². The van der Waals surface area contributed by atoms with E-state index in [0.29, 0.717) is 21.5 Å². The normalized spacial score (nSPS) is 25.3. The summed E-state index contributed by atoms with van der Waals surface area (Å²) in [6, 6.07) is 3.51. The third-order valence-electron chi connectivity index (χ3n) is 3.02. The molecule has 1 heterocycles. The molecule has 1 aliphatic rings. The van der Waals surface area contributed by atoms with Gasteiger partial charge < -0.3 is 0 Å². The van der Waals surface area contributed by atoms with E-state index in [2.05, 4.69) is 20.7 Å². The second-order valence-electron chi connectivity index (χ2n) is 4.49. The summed E-state index contributed by atoms with van der Waals surface area (Å²) in [6.45, 7) is 2.47. The number of hydrogen-bond donors (Lipinski definition) is 1. The lowest BCUT2D eigenvalue weighted by Crippen LogP contribution is -2.28. The summed E-state index contributed by atoms with van der Waals surface area (Å²) in [5, 5.41) is 0. The van der Waals surface area contributed by atoms with Crippen molar-refractivity contribution in [2.24, 2.45) is 5.92 Å². The topological polar surface area (TPSA) is 46.2 Å². The quantitative estimate of drug-likeness (QED) is 0.858. The molecule has 3 nitrogen and oxygen atoms in total. The molecule has 2 unspecified atom stereocenters. The second-order valence-corrected chi connectivity index (χ2v) is 9.07. The van der Waals surface area contributed by atoms with E-state index in [0.717, 1.165) is 24.1 Å². The highest BCUT2D eigenvalue weighted by molar-refractivity contribution is 9.09. The second kappa shape index (κ2) is 5.38. The minimum atomic E-state index is -3.29. The zero-order chi connectivity index (χ0) is 12.5. The van der Waals surface area contributed by atoms with Gasteiger partial charge in [-0.1, -0.05) is 15.9 Å². The highest BCUT2D eigenvalue weighted by Gasteiger charge is 2.24. The maximum Gasteiger partial charge on any atom is 0.250 e. The van der Waals surface area contributed by atoms with Gasteiger partial charge in [0, 0.05) is 16.2 Å². The van der Waals surface area contributed by atoms with E-state index < -0.39 is 10.0 Å². The molecule has 0 amide bonds. The smallest absolute Gasteiger partial charge is 0.210 e. The van der Waals surface area contributed by atoms with Crippen molar-refractivity contribution in [1.82, 2.24) is 4.72 Å². The van der Waals surface area contributed by atoms with E-state index in [4.69, 9.17) is 0 Å². The summed E-state index contributed by atoms with van der Waals surface area (Å²) in [6.07, 6.45) is 3.30. The maximum atomic E-state index is 12.0. The van der Waals surface area contributed by atoms with Crippen molar-refractivity contribution in [3.05, 3.63) is 17.0 Å². The predicted molar refractivity (Wildman–Crippen MR) is 74.3 cm³/mol. The zero-order valence-corrected chi connectivity index (χ0v) is 12.9. The molecule has 0 spiro atoms. The van der Waals surface area contributed by atoms with Crippen LogP contribution in [0.1, 0.15) is 24.1 Å². The van der Waals surface area contributed by atoms with Gasteiger partial charge in [0.05, 0.1) is 0 Å². The van der Waals surface area contributed by atoms with Crippen LogP contribution in [0.15, 0.2) is 16.3 Å². The van der Waals surface area contributed by atoms with Crippen molar-refractivity contribution in [3.63, 3.8) is 0 Å². The van der Waals surface area contributed by atoms with E-state index in [1.165, 1.54) is 11.3 Å². The summed E-state index contributed by atoms with van der Waals surface area (Å²) in [5.74, 6) is 0.468. The molecule has 1 fully saturated rings. The standard InChI is InChI=1S/C11H16BrNO2S2/c1-8-2-5-11(16-8)17(14,15)13-7-9-3-4-10(12)6-9/h2,5,9-10,13H,3-4,6-7H2,1H3. The number of thiophene rings is 1. The van der Waals surface area contributed by atoms with Crippen molar-refractivity contribution in [2.75, 3.05) is 6.54 Å². The van der Waals surface area contributed by atoms with E-state index in [1.807, 2.05) is 13.0 Å². The highest BCUT2D eigenvalue weighted by Crippen LogP contribution is 2.30. The first-order chi connectivity index (χ1) is 7.97.